The van der Waals surface area contributed by atoms with Gasteiger partial charge in [0.15, 0.2) is 0 Å². The van der Waals surface area contributed by atoms with Gasteiger partial charge in [0.05, 0.1) is 36.2 Å². The maximum absolute atomic E-state index is 10.1. The van der Waals surface area contributed by atoms with E-state index in [2.05, 4.69) is 32.0 Å². The number of methoxy groups -OCH3 is 1. The van der Waals surface area contributed by atoms with E-state index in [0.29, 0.717) is 34.8 Å². The Labute approximate surface area is 246 Å². The molecule has 3 aliphatic heterocycles. The van der Waals surface area contributed by atoms with Gasteiger partial charge in [-0.25, -0.2) is 14.5 Å². The number of nitrogens with zero attached hydrogens (tertiary/aromatic N) is 7. The average molecular weight is 596 g/mol. The van der Waals surface area contributed by atoms with Crippen molar-refractivity contribution in [2.45, 2.75) is 51.2 Å². The molecule has 0 radical (unpaired) electrons. The number of alkyl halides is 3. The number of pyridine rings is 3. The van der Waals surface area contributed by atoms with Crippen molar-refractivity contribution in [3.05, 3.63) is 66.2 Å². The lowest BCUT2D eigenvalue weighted by Crippen LogP contribution is -2.68. The molecule has 0 aliphatic carbocycles. The van der Waals surface area contributed by atoms with Crippen LogP contribution in [0.2, 0.25) is 0 Å². The third kappa shape index (κ3) is 6.98. The van der Waals surface area contributed by atoms with Gasteiger partial charge in [-0.05, 0) is 44.0 Å². The van der Waals surface area contributed by atoms with Crippen LogP contribution in [0.4, 0.5) is 19.0 Å². The molecular weight excluding hydrogens is 563 g/mol. The van der Waals surface area contributed by atoms with Crippen LogP contribution < -0.4 is 14.4 Å². The van der Waals surface area contributed by atoms with Gasteiger partial charge < -0.3 is 19.5 Å². The van der Waals surface area contributed by atoms with Crippen LogP contribution in [-0.4, -0.2) is 80.8 Å². The summed E-state index contributed by atoms with van der Waals surface area (Å²) < 4.78 is 41.7. The molecule has 2 unspecified atom stereocenters. The highest BCUT2D eigenvalue weighted by Crippen LogP contribution is 2.36. The molecule has 3 saturated heterocycles. The van der Waals surface area contributed by atoms with Crippen LogP contribution in [0, 0.1) is 11.3 Å². The van der Waals surface area contributed by atoms with Crippen molar-refractivity contribution in [1.29, 1.82) is 5.26 Å². The van der Waals surface area contributed by atoms with Gasteiger partial charge in [0.1, 0.15) is 24.2 Å². The number of aliphatic hydroxyl groups is 1. The van der Waals surface area contributed by atoms with E-state index in [1.165, 1.54) is 12.0 Å². The number of piperazine rings is 1. The first kappa shape index (κ1) is 30.1. The molecule has 43 heavy (non-hydrogen) atoms. The van der Waals surface area contributed by atoms with E-state index in [0.717, 1.165) is 36.6 Å². The van der Waals surface area contributed by atoms with Crippen LogP contribution in [0.5, 0.6) is 11.6 Å². The zero-order valence-electron chi connectivity index (χ0n) is 24.0. The minimum absolute atomic E-state index is 0.130. The van der Waals surface area contributed by atoms with E-state index in [4.69, 9.17) is 14.5 Å². The summed E-state index contributed by atoms with van der Waals surface area (Å²) in [5.41, 5.74) is 3.06. The van der Waals surface area contributed by atoms with Crippen LogP contribution in [0.15, 0.2) is 55.1 Å². The van der Waals surface area contributed by atoms with Crippen molar-refractivity contribution in [2.24, 2.45) is 0 Å². The van der Waals surface area contributed by atoms with E-state index in [-0.39, 0.29) is 6.61 Å². The second-order valence-electron chi connectivity index (χ2n) is 11.1. The fraction of sp³-hybridized carbons (Fsp3) is 0.400. The second-order valence-corrected chi connectivity index (χ2v) is 11.1. The summed E-state index contributed by atoms with van der Waals surface area (Å²) in [6.45, 7) is 2.59. The maximum atomic E-state index is 10.1. The molecular formula is C30H32F3N7O3. The Bertz CT molecular complexity index is 1570. The molecule has 1 N–H and O–H groups in total. The standard InChI is InChI=1S/C29H31N7O3.CHF3/c1-29(2,37)18-39-24-9-25(28-21(10-30)13-33-36(28)17-24)20-5-6-26(31-12-20)34-15-22-8-23(16-34)35(22)14-19-4-7-27(38-3)32-11-19;2-1(3)4/h4-7,9,11-13,17,22-23,37H,8,14-16,18H2,1-3H3;1H. The molecule has 7 rings (SSSR count). The largest absolute Gasteiger partial charge is 0.489 e. The topological polar surface area (TPSA) is 112 Å². The number of nitriles is 1. The van der Waals surface area contributed by atoms with E-state index in [1.807, 2.05) is 36.7 Å². The highest BCUT2D eigenvalue weighted by molar-refractivity contribution is 5.85. The number of anilines is 1. The zero-order valence-corrected chi connectivity index (χ0v) is 24.0. The van der Waals surface area contributed by atoms with Crippen LogP contribution in [0.25, 0.3) is 16.6 Å². The first-order chi connectivity index (χ1) is 20.5. The lowest BCUT2D eigenvalue weighted by atomic mass is 9.87. The first-order valence-electron chi connectivity index (χ1n) is 13.7. The van der Waals surface area contributed by atoms with Crippen molar-refractivity contribution in [2.75, 3.05) is 31.7 Å². The number of halogens is 3. The van der Waals surface area contributed by atoms with Crippen LogP contribution in [0.3, 0.4) is 0 Å². The third-order valence-electron chi connectivity index (χ3n) is 7.40. The molecule has 3 fully saturated rings. The van der Waals surface area contributed by atoms with Crippen molar-refractivity contribution in [1.82, 2.24) is 24.5 Å². The molecule has 226 valence electrons. The highest BCUT2D eigenvalue weighted by atomic mass is 19.4. The van der Waals surface area contributed by atoms with E-state index >= 15 is 0 Å². The predicted octanol–water partition coefficient (Wildman–Crippen LogP) is 4.46. The molecule has 13 heteroatoms. The van der Waals surface area contributed by atoms with Gasteiger partial charge in [0, 0.05) is 61.3 Å². The molecule has 10 nitrogen and oxygen atoms in total. The number of piperidine rings is 1. The minimum atomic E-state index is -3.67. The highest BCUT2D eigenvalue weighted by Gasteiger charge is 2.44. The Morgan fingerprint density at radius 2 is 1.84 bits per heavy atom. The molecule has 0 amide bonds. The van der Waals surface area contributed by atoms with Gasteiger partial charge >= 0.3 is 6.68 Å². The van der Waals surface area contributed by atoms with Gasteiger partial charge in [0.25, 0.3) is 0 Å². The molecule has 0 aromatic carbocycles. The molecule has 0 spiro atoms. The Morgan fingerprint density at radius 3 is 2.42 bits per heavy atom. The van der Waals surface area contributed by atoms with Crippen molar-refractivity contribution < 1.29 is 27.8 Å². The molecule has 2 bridgehead atoms. The number of rotatable bonds is 8. The third-order valence-corrected chi connectivity index (χ3v) is 7.40. The van der Waals surface area contributed by atoms with Gasteiger partial charge in [0.2, 0.25) is 5.88 Å². The van der Waals surface area contributed by atoms with Gasteiger partial charge in [-0.15, -0.1) is 0 Å². The maximum Gasteiger partial charge on any atom is 0.379 e. The Kier molecular flexibility index (Phi) is 8.70. The van der Waals surface area contributed by atoms with E-state index in [1.54, 1.807) is 37.9 Å². The van der Waals surface area contributed by atoms with E-state index in [9.17, 15) is 23.5 Å². The number of fused-ring (bicyclic) bond motifs is 3. The first-order valence-corrected chi connectivity index (χ1v) is 13.7. The normalized spacial score (nSPS) is 18.1. The Balaban J connectivity index is 0.000000868. The summed E-state index contributed by atoms with van der Waals surface area (Å²) in [7, 11) is 1.63. The molecule has 7 heterocycles. The summed E-state index contributed by atoms with van der Waals surface area (Å²) >= 11 is 0. The molecule has 0 saturated carbocycles. The van der Waals surface area contributed by atoms with Crippen molar-refractivity contribution in [3.8, 4) is 28.8 Å². The van der Waals surface area contributed by atoms with Gasteiger partial charge in [-0.1, -0.05) is 6.07 Å². The van der Waals surface area contributed by atoms with Crippen molar-refractivity contribution in [3.63, 3.8) is 0 Å². The van der Waals surface area contributed by atoms with Crippen LogP contribution in [-0.2, 0) is 6.54 Å². The smallest absolute Gasteiger partial charge is 0.379 e. The predicted molar refractivity (Wildman–Crippen MR) is 153 cm³/mol. The number of aromatic nitrogens is 4. The number of hydrogen-bond acceptors (Lipinski definition) is 9. The van der Waals surface area contributed by atoms with Crippen LogP contribution in [0.1, 0.15) is 31.4 Å². The van der Waals surface area contributed by atoms with E-state index < -0.39 is 12.3 Å². The SMILES string of the molecule is COc1ccc(CN2C3CC2CN(c2ccc(-c4cc(OCC(C)(C)O)cn5ncc(C#N)c45)cn2)C3)cn1.FC(F)F. The number of hydrogen-bond donors (Lipinski definition) is 1. The monoisotopic (exact) mass is 595 g/mol. The van der Waals surface area contributed by atoms with Gasteiger partial charge in [-0.2, -0.15) is 23.5 Å². The van der Waals surface area contributed by atoms with Crippen LogP contribution >= 0.6 is 0 Å². The summed E-state index contributed by atoms with van der Waals surface area (Å²) in [5, 5.41) is 24.1. The Hall–Kier alpha value is -4.41. The summed E-state index contributed by atoms with van der Waals surface area (Å²) in [6, 6.07) is 13.2. The molecule has 2 atom stereocenters. The number of ether oxygens (including phenoxy) is 2. The summed E-state index contributed by atoms with van der Waals surface area (Å²) in [5.74, 6) is 2.13. The molecule has 4 aromatic heterocycles. The molecule has 4 aromatic rings. The Morgan fingerprint density at radius 1 is 1.09 bits per heavy atom. The summed E-state index contributed by atoms with van der Waals surface area (Å²) in [4.78, 5) is 14.1. The zero-order chi connectivity index (χ0) is 30.7. The minimum Gasteiger partial charge on any atom is -0.489 e. The van der Waals surface area contributed by atoms with Crippen molar-refractivity contribution >= 4 is 11.3 Å². The van der Waals surface area contributed by atoms with Gasteiger partial charge in [-0.3, -0.25) is 4.90 Å². The fourth-order valence-corrected chi connectivity index (χ4v) is 5.44. The lowest BCUT2D eigenvalue weighted by molar-refractivity contribution is -0.00877. The fourth-order valence-electron chi connectivity index (χ4n) is 5.44. The quantitative estimate of drug-likeness (QED) is 0.316. The lowest BCUT2D eigenvalue weighted by Gasteiger charge is -2.56. The molecule has 3 aliphatic rings. The average Bonchev–Trinajstić information content (AvgIpc) is 3.41. The second kappa shape index (κ2) is 12.4. The summed E-state index contributed by atoms with van der Waals surface area (Å²) in [6.07, 6.45) is 8.21.